The van der Waals surface area contributed by atoms with Crippen molar-refractivity contribution in [2.75, 3.05) is 19.0 Å². The fourth-order valence-electron chi connectivity index (χ4n) is 2.83. The molecule has 0 saturated carbocycles. The summed E-state index contributed by atoms with van der Waals surface area (Å²) in [5, 5.41) is 4.75. The molecule has 0 atom stereocenters. The molecule has 5 nitrogen and oxygen atoms in total. The third-order valence-corrected chi connectivity index (χ3v) is 5.32. The summed E-state index contributed by atoms with van der Waals surface area (Å²) in [6, 6.07) is 4.81. The van der Waals surface area contributed by atoms with Gasteiger partial charge in [-0.05, 0) is 36.6 Å². The third-order valence-electron chi connectivity index (χ3n) is 4.44. The van der Waals surface area contributed by atoms with Gasteiger partial charge in [0.05, 0.1) is 13.7 Å². The van der Waals surface area contributed by atoms with E-state index >= 15 is 0 Å². The topological polar surface area (TPSA) is 68.3 Å². The van der Waals surface area contributed by atoms with Crippen molar-refractivity contribution in [1.29, 1.82) is 0 Å². The zero-order chi connectivity index (χ0) is 20.4. The van der Waals surface area contributed by atoms with Gasteiger partial charge in [0.2, 0.25) is 5.78 Å². The van der Waals surface area contributed by atoms with E-state index in [1.807, 2.05) is 0 Å². The molecule has 0 fully saturated rings. The molecule has 0 unspecified atom stereocenters. The van der Waals surface area contributed by atoms with E-state index in [-0.39, 0.29) is 28.8 Å². The number of halogens is 1. The van der Waals surface area contributed by atoms with Gasteiger partial charge in [0.1, 0.15) is 5.82 Å². The lowest BCUT2D eigenvalue weighted by Crippen LogP contribution is -2.14. The number of Topliss-reactive ketones (excluding diaryl/α,β-unsaturated/α-hetero) is 1. The van der Waals surface area contributed by atoms with E-state index in [1.165, 1.54) is 44.2 Å². The lowest BCUT2D eigenvalue weighted by Gasteiger charge is -2.09. The fourth-order valence-corrected chi connectivity index (χ4v) is 3.56. The summed E-state index contributed by atoms with van der Waals surface area (Å²) in [6.45, 7) is 2.21. The monoisotopic (exact) mass is 406 g/mol. The first-order chi connectivity index (χ1) is 13.5. The van der Waals surface area contributed by atoms with Crippen molar-refractivity contribution in [3.05, 3.63) is 45.7 Å². The molecule has 1 N–H and O–H groups in total. The van der Waals surface area contributed by atoms with E-state index in [1.54, 1.807) is 12.1 Å². The number of methoxy groups -OCH3 is 1. The van der Waals surface area contributed by atoms with Crippen molar-refractivity contribution in [3.63, 3.8) is 0 Å². The van der Waals surface area contributed by atoms with E-state index < -0.39 is 5.97 Å². The zero-order valence-corrected chi connectivity index (χ0v) is 17.2. The third kappa shape index (κ3) is 6.71. The molecule has 0 aliphatic carbocycles. The van der Waals surface area contributed by atoms with Crippen LogP contribution in [-0.2, 0) is 11.2 Å². The number of hydrogen-bond acceptors (Lipinski definition) is 6. The minimum absolute atomic E-state index is 0.0240. The Labute approximate surface area is 169 Å². The van der Waals surface area contributed by atoms with Gasteiger partial charge in [-0.3, -0.25) is 4.79 Å². The largest absolute Gasteiger partial charge is 0.464 e. The van der Waals surface area contributed by atoms with Crippen molar-refractivity contribution < 1.29 is 18.7 Å². The normalized spacial score (nSPS) is 10.7. The molecule has 0 saturated heterocycles. The standard InChI is InChI=1S/C21H27FN2O3S/c1-3-4-5-6-7-8-9-15-12-16(10-11-17(15)22)23-13-19(25)20-24-18(14-28-20)21(26)27-2/h10-12,14,23H,3-9,13H2,1-2H3. The Hall–Kier alpha value is -2.28. The van der Waals surface area contributed by atoms with Gasteiger partial charge in [-0.15, -0.1) is 11.3 Å². The Bertz CT molecular complexity index is 792. The maximum Gasteiger partial charge on any atom is 0.357 e. The number of hydrogen-bond donors (Lipinski definition) is 1. The van der Waals surface area contributed by atoms with Gasteiger partial charge in [-0.1, -0.05) is 39.0 Å². The number of carbonyl (C=O) groups is 2. The number of rotatable bonds is 12. The average Bonchev–Trinajstić information content (AvgIpc) is 3.20. The molecule has 152 valence electrons. The van der Waals surface area contributed by atoms with Crippen LogP contribution in [0, 0.1) is 5.82 Å². The molecule has 0 radical (unpaired) electrons. The number of nitrogens with zero attached hydrogens (tertiary/aromatic N) is 1. The summed E-state index contributed by atoms with van der Waals surface area (Å²) >= 11 is 1.10. The van der Waals surface area contributed by atoms with Gasteiger partial charge >= 0.3 is 5.97 Å². The summed E-state index contributed by atoms with van der Waals surface area (Å²) in [5.74, 6) is -1.02. The van der Waals surface area contributed by atoms with Crippen LogP contribution in [0.15, 0.2) is 23.6 Å². The van der Waals surface area contributed by atoms with Crippen molar-refractivity contribution in [3.8, 4) is 0 Å². The second-order valence-electron chi connectivity index (χ2n) is 6.63. The zero-order valence-electron chi connectivity index (χ0n) is 16.4. The molecule has 1 aromatic heterocycles. The molecular weight excluding hydrogens is 379 g/mol. The molecule has 28 heavy (non-hydrogen) atoms. The number of aromatic nitrogens is 1. The summed E-state index contributed by atoms with van der Waals surface area (Å²) in [4.78, 5) is 27.7. The molecule has 2 aromatic rings. The second-order valence-corrected chi connectivity index (χ2v) is 7.49. The molecule has 7 heteroatoms. The summed E-state index contributed by atoms with van der Waals surface area (Å²) in [6.07, 6.45) is 7.63. The van der Waals surface area contributed by atoms with E-state index in [4.69, 9.17) is 0 Å². The van der Waals surface area contributed by atoms with Crippen molar-refractivity contribution in [2.24, 2.45) is 0 Å². The predicted octanol–water partition coefficient (Wildman–Crippen LogP) is 5.27. The lowest BCUT2D eigenvalue weighted by molar-refractivity contribution is 0.0595. The molecule has 0 bridgehead atoms. The average molecular weight is 407 g/mol. The SMILES string of the molecule is CCCCCCCCc1cc(NCC(=O)c2nc(C(=O)OC)cs2)ccc1F. The number of ether oxygens (including phenoxy) is 1. The van der Waals surface area contributed by atoms with Gasteiger partial charge in [0.25, 0.3) is 0 Å². The molecule has 0 amide bonds. The molecule has 1 heterocycles. The number of unbranched alkanes of at least 4 members (excludes halogenated alkanes) is 5. The number of carbonyl (C=O) groups excluding carboxylic acids is 2. The highest BCUT2D eigenvalue weighted by Gasteiger charge is 2.15. The van der Waals surface area contributed by atoms with Crippen LogP contribution in [0.3, 0.4) is 0 Å². The van der Waals surface area contributed by atoms with Crippen LogP contribution < -0.4 is 5.32 Å². The number of ketones is 1. The quantitative estimate of drug-likeness (QED) is 0.296. The van der Waals surface area contributed by atoms with Crippen molar-refractivity contribution >= 4 is 28.8 Å². The Morgan fingerprint density at radius 2 is 1.93 bits per heavy atom. The second kappa shape index (κ2) is 11.5. The van der Waals surface area contributed by atoms with Gasteiger partial charge in [0, 0.05) is 11.1 Å². The lowest BCUT2D eigenvalue weighted by atomic mass is 10.0. The number of esters is 1. The predicted molar refractivity (Wildman–Crippen MR) is 110 cm³/mol. The highest BCUT2D eigenvalue weighted by molar-refractivity contribution is 7.12. The van der Waals surface area contributed by atoms with E-state index in [9.17, 15) is 14.0 Å². The van der Waals surface area contributed by atoms with E-state index in [0.717, 1.165) is 24.2 Å². The number of aryl methyl sites for hydroxylation is 1. The minimum atomic E-state index is -0.568. The molecular formula is C21H27FN2O3S. The van der Waals surface area contributed by atoms with Crippen LogP contribution in [0.25, 0.3) is 0 Å². The maximum atomic E-state index is 14.0. The van der Waals surface area contributed by atoms with Gasteiger partial charge in [0.15, 0.2) is 10.7 Å². The van der Waals surface area contributed by atoms with Crippen LogP contribution in [0.1, 0.15) is 71.3 Å². The van der Waals surface area contributed by atoms with Crippen molar-refractivity contribution in [2.45, 2.75) is 51.9 Å². The fraction of sp³-hybridized carbons (Fsp3) is 0.476. The maximum absolute atomic E-state index is 14.0. The molecule has 1 aromatic carbocycles. The minimum Gasteiger partial charge on any atom is -0.464 e. The highest BCUT2D eigenvalue weighted by Crippen LogP contribution is 2.19. The van der Waals surface area contributed by atoms with Crippen LogP contribution in [0.5, 0.6) is 0 Å². The van der Waals surface area contributed by atoms with Crippen LogP contribution in [0.2, 0.25) is 0 Å². The summed E-state index contributed by atoms with van der Waals surface area (Å²) in [7, 11) is 1.27. The van der Waals surface area contributed by atoms with Gasteiger partial charge in [-0.25, -0.2) is 14.2 Å². The van der Waals surface area contributed by atoms with Crippen molar-refractivity contribution in [1.82, 2.24) is 4.98 Å². The molecule has 2 rings (SSSR count). The van der Waals surface area contributed by atoms with E-state index in [2.05, 4.69) is 22.0 Å². The molecule has 0 aliphatic heterocycles. The van der Waals surface area contributed by atoms with Gasteiger partial charge < -0.3 is 10.1 Å². The van der Waals surface area contributed by atoms with Gasteiger partial charge in [-0.2, -0.15) is 0 Å². The Morgan fingerprint density at radius 3 is 2.68 bits per heavy atom. The number of nitrogens with one attached hydrogen (secondary N) is 1. The Kier molecular flexibility index (Phi) is 9.07. The van der Waals surface area contributed by atoms with Crippen LogP contribution in [-0.4, -0.2) is 30.4 Å². The number of anilines is 1. The highest BCUT2D eigenvalue weighted by atomic mass is 32.1. The molecule has 0 spiro atoms. The number of benzene rings is 1. The first-order valence-corrected chi connectivity index (χ1v) is 10.5. The smallest absolute Gasteiger partial charge is 0.357 e. The van der Waals surface area contributed by atoms with E-state index in [0.29, 0.717) is 17.7 Å². The summed E-state index contributed by atoms with van der Waals surface area (Å²) in [5.41, 5.74) is 1.48. The number of thiazole rings is 1. The summed E-state index contributed by atoms with van der Waals surface area (Å²) < 4.78 is 18.6. The first-order valence-electron chi connectivity index (χ1n) is 9.64. The van der Waals surface area contributed by atoms with Crippen LogP contribution in [0.4, 0.5) is 10.1 Å². The first kappa shape index (κ1) is 22.0. The Morgan fingerprint density at radius 1 is 1.18 bits per heavy atom. The Balaban J connectivity index is 1.85. The molecule has 0 aliphatic rings. The van der Waals surface area contributed by atoms with Crippen LogP contribution >= 0.6 is 11.3 Å².